The Morgan fingerprint density at radius 1 is 1.19 bits per heavy atom. The highest BCUT2D eigenvalue weighted by Crippen LogP contribution is 2.30. The molecule has 1 heterocycles. The number of nitrogens with one attached hydrogen (secondary N) is 1. The highest BCUT2D eigenvalue weighted by atomic mass is 32.2. The lowest BCUT2D eigenvalue weighted by atomic mass is 10.2. The molecule has 0 aliphatic heterocycles. The number of carbonyl (C=O) groups excluding carboxylic acids is 1. The van der Waals surface area contributed by atoms with E-state index >= 15 is 0 Å². The molecule has 3 rings (SSSR count). The van der Waals surface area contributed by atoms with Crippen molar-refractivity contribution >= 4 is 23.4 Å². The summed E-state index contributed by atoms with van der Waals surface area (Å²) in [4.78, 5) is 12.3. The minimum Gasteiger partial charge on any atom is -0.496 e. The molecule has 2 aromatic carbocycles. The second kappa shape index (κ2) is 8.73. The molecule has 0 atom stereocenters. The summed E-state index contributed by atoms with van der Waals surface area (Å²) in [5, 5.41) is 12.2. The van der Waals surface area contributed by atoms with Crippen LogP contribution in [0.1, 0.15) is 12.5 Å². The second-order valence-electron chi connectivity index (χ2n) is 5.96. The summed E-state index contributed by atoms with van der Waals surface area (Å²) >= 11 is 1.37. The molecule has 1 amide bonds. The fourth-order valence-electron chi connectivity index (χ4n) is 2.76. The van der Waals surface area contributed by atoms with Crippen molar-refractivity contribution in [2.75, 3.05) is 18.2 Å². The van der Waals surface area contributed by atoms with Crippen molar-refractivity contribution < 1.29 is 9.53 Å². The van der Waals surface area contributed by atoms with E-state index in [-0.39, 0.29) is 11.7 Å². The smallest absolute Gasteiger partial charge is 0.234 e. The first-order chi connectivity index (χ1) is 13.1. The van der Waals surface area contributed by atoms with Gasteiger partial charge in [-0.1, -0.05) is 36.0 Å². The van der Waals surface area contributed by atoms with E-state index in [2.05, 4.69) is 15.5 Å². The lowest BCUT2D eigenvalue weighted by Gasteiger charge is -2.10. The van der Waals surface area contributed by atoms with E-state index in [0.29, 0.717) is 11.7 Å². The van der Waals surface area contributed by atoms with Crippen molar-refractivity contribution in [2.24, 2.45) is 0 Å². The standard InChI is InChI=1S/C20H22N4O2S/c1-4-24-19(16-10-5-6-11-17(16)26-3)22-23-20(24)27-13-18(25)21-15-9-7-8-14(2)12-15/h5-12H,4,13H2,1-3H3,(H,21,25). The minimum absolute atomic E-state index is 0.0740. The van der Waals surface area contributed by atoms with E-state index in [4.69, 9.17) is 4.74 Å². The number of nitrogens with zero attached hydrogens (tertiary/aromatic N) is 3. The Balaban J connectivity index is 1.72. The number of rotatable bonds is 7. The zero-order valence-electron chi connectivity index (χ0n) is 15.6. The number of ether oxygens (including phenoxy) is 1. The molecule has 27 heavy (non-hydrogen) atoms. The lowest BCUT2D eigenvalue weighted by Crippen LogP contribution is -2.14. The molecule has 0 saturated heterocycles. The van der Waals surface area contributed by atoms with Gasteiger partial charge in [-0.25, -0.2) is 0 Å². The lowest BCUT2D eigenvalue weighted by molar-refractivity contribution is -0.113. The number of methoxy groups -OCH3 is 1. The zero-order chi connectivity index (χ0) is 19.2. The van der Waals surface area contributed by atoms with Gasteiger partial charge in [-0.15, -0.1) is 10.2 Å². The number of anilines is 1. The Morgan fingerprint density at radius 3 is 2.74 bits per heavy atom. The molecule has 0 radical (unpaired) electrons. The third kappa shape index (κ3) is 4.49. The third-order valence-corrected chi connectivity index (χ3v) is 4.98. The summed E-state index contributed by atoms with van der Waals surface area (Å²) in [7, 11) is 1.64. The number of para-hydroxylation sites is 1. The van der Waals surface area contributed by atoms with Gasteiger partial charge in [-0.05, 0) is 43.7 Å². The Labute approximate surface area is 163 Å². The predicted molar refractivity (Wildman–Crippen MR) is 108 cm³/mol. The van der Waals surface area contributed by atoms with E-state index in [1.165, 1.54) is 11.8 Å². The highest BCUT2D eigenvalue weighted by Gasteiger charge is 2.17. The zero-order valence-corrected chi connectivity index (χ0v) is 16.4. The van der Waals surface area contributed by atoms with Crippen molar-refractivity contribution in [1.29, 1.82) is 0 Å². The summed E-state index contributed by atoms with van der Waals surface area (Å²) in [5.41, 5.74) is 2.78. The number of benzene rings is 2. The molecule has 6 nitrogen and oxygen atoms in total. The topological polar surface area (TPSA) is 69.0 Å². The van der Waals surface area contributed by atoms with Gasteiger partial charge in [-0.3, -0.25) is 4.79 Å². The molecule has 0 aliphatic rings. The molecule has 1 N–H and O–H groups in total. The van der Waals surface area contributed by atoms with Gasteiger partial charge in [0.05, 0.1) is 18.4 Å². The molecule has 3 aromatic rings. The number of carbonyl (C=O) groups is 1. The first-order valence-corrected chi connectivity index (χ1v) is 9.66. The van der Waals surface area contributed by atoms with E-state index in [0.717, 1.165) is 28.4 Å². The summed E-state index contributed by atoms with van der Waals surface area (Å²) in [6.07, 6.45) is 0. The molecule has 0 aliphatic carbocycles. The molecule has 0 bridgehead atoms. The van der Waals surface area contributed by atoms with Gasteiger partial charge >= 0.3 is 0 Å². The van der Waals surface area contributed by atoms with Crippen LogP contribution in [0.25, 0.3) is 11.4 Å². The Morgan fingerprint density at radius 2 is 2.00 bits per heavy atom. The first-order valence-electron chi connectivity index (χ1n) is 8.68. The number of hydrogen-bond acceptors (Lipinski definition) is 5. The van der Waals surface area contributed by atoms with E-state index in [1.54, 1.807) is 7.11 Å². The molecular formula is C20H22N4O2S. The molecule has 1 aromatic heterocycles. The molecule has 0 fully saturated rings. The maximum Gasteiger partial charge on any atom is 0.234 e. The minimum atomic E-state index is -0.0740. The van der Waals surface area contributed by atoms with Crippen LogP contribution < -0.4 is 10.1 Å². The van der Waals surface area contributed by atoms with Gasteiger partial charge in [-0.2, -0.15) is 0 Å². The number of thioether (sulfide) groups is 1. The summed E-state index contributed by atoms with van der Waals surface area (Å²) in [6, 6.07) is 15.4. The van der Waals surface area contributed by atoms with E-state index < -0.39 is 0 Å². The van der Waals surface area contributed by atoms with Crippen molar-refractivity contribution in [3.63, 3.8) is 0 Å². The van der Waals surface area contributed by atoms with Crippen molar-refractivity contribution in [3.8, 4) is 17.1 Å². The maximum absolute atomic E-state index is 12.3. The van der Waals surface area contributed by atoms with Gasteiger partial charge in [0.2, 0.25) is 5.91 Å². The van der Waals surface area contributed by atoms with Crippen LogP contribution in [0.4, 0.5) is 5.69 Å². The van der Waals surface area contributed by atoms with Crippen LogP contribution in [0.2, 0.25) is 0 Å². The Bertz CT molecular complexity index is 939. The van der Waals surface area contributed by atoms with Crippen LogP contribution in [-0.2, 0) is 11.3 Å². The fourth-order valence-corrected chi connectivity index (χ4v) is 3.56. The van der Waals surface area contributed by atoms with Crippen LogP contribution in [0, 0.1) is 6.92 Å². The van der Waals surface area contributed by atoms with Gasteiger partial charge in [0.25, 0.3) is 0 Å². The maximum atomic E-state index is 12.3. The van der Waals surface area contributed by atoms with Crippen LogP contribution in [0.15, 0.2) is 53.7 Å². The number of aromatic nitrogens is 3. The average Bonchev–Trinajstić information content (AvgIpc) is 3.09. The van der Waals surface area contributed by atoms with Gasteiger partial charge in [0.1, 0.15) is 5.75 Å². The molecule has 7 heteroatoms. The number of hydrogen-bond donors (Lipinski definition) is 1. The fraction of sp³-hybridized carbons (Fsp3) is 0.250. The first kappa shape index (κ1) is 19.0. The predicted octanol–water partition coefficient (Wildman–Crippen LogP) is 4.01. The Hall–Kier alpha value is -2.80. The molecular weight excluding hydrogens is 360 g/mol. The summed E-state index contributed by atoms with van der Waals surface area (Å²) in [5.74, 6) is 1.66. The number of amides is 1. The molecule has 0 saturated carbocycles. The van der Waals surface area contributed by atoms with Crippen LogP contribution in [0.5, 0.6) is 5.75 Å². The van der Waals surface area contributed by atoms with Crippen LogP contribution in [0.3, 0.4) is 0 Å². The monoisotopic (exact) mass is 382 g/mol. The quantitative estimate of drug-likeness (QED) is 0.625. The van der Waals surface area contributed by atoms with Crippen molar-refractivity contribution in [2.45, 2.75) is 25.5 Å². The number of aryl methyl sites for hydroxylation is 1. The molecule has 0 unspecified atom stereocenters. The molecule has 0 spiro atoms. The normalized spacial score (nSPS) is 10.6. The van der Waals surface area contributed by atoms with E-state index in [1.807, 2.05) is 66.9 Å². The largest absolute Gasteiger partial charge is 0.496 e. The van der Waals surface area contributed by atoms with Gasteiger partial charge in [0, 0.05) is 12.2 Å². The third-order valence-electron chi connectivity index (χ3n) is 4.02. The van der Waals surface area contributed by atoms with E-state index in [9.17, 15) is 4.79 Å². The van der Waals surface area contributed by atoms with Gasteiger partial charge in [0.15, 0.2) is 11.0 Å². The highest BCUT2D eigenvalue weighted by molar-refractivity contribution is 7.99. The van der Waals surface area contributed by atoms with Crippen LogP contribution >= 0.6 is 11.8 Å². The second-order valence-corrected chi connectivity index (χ2v) is 6.90. The van der Waals surface area contributed by atoms with Crippen LogP contribution in [-0.4, -0.2) is 33.5 Å². The van der Waals surface area contributed by atoms with Crippen molar-refractivity contribution in [1.82, 2.24) is 14.8 Å². The Kier molecular flexibility index (Phi) is 6.13. The summed E-state index contributed by atoms with van der Waals surface area (Å²) < 4.78 is 7.42. The SMILES string of the molecule is CCn1c(SCC(=O)Nc2cccc(C)c2)nnc1-c1ccccc1OC. The van der Waals surface area contributed by atoms with Crippen molar-refractivity contribution in [3.05, 3.63) is 54.1 Å². The van der Waals surface area contributed by atoms with Gasteiger partial charge < -0.3 is 14.6 Å². The molecule has 140 valence electrons. The average molecular weight is 382 g/mol. The summed E-state index contributed by atoms with van der Waals surface area (Å²) in [6.45, 7) is 4.72.